The fourth-order valence-electron chi connectivity index (χ4n) is 1.32. The molecule has 1 heterocycles. The van der Waals surface area contributed by atoms with Crippen LogP contribution >= 0.6 is 11.3 Å². The van der Waals surface area contributed by atoms with Gasteiger partial charge < -0.3 is 11.1 Å². The second kappa shape index (κ2) is 6.00. The smallest absolute Gasteiger partial charge is 0.188 e. The van der Waals surface area contributed by atoms with Crippen LogP contribution < -0.4 is 11.1 Å². The second-order valence-corrected chi connectivity index (χ2v) is 6.17. The summed E-state index contributed by atoms with van der Waals surface area (Å²) in [7, 11) is 0. The molecule has 0 fully saturated rings. The highest BCUT2D eigenvalue weighted by Gasteiger charge is 2.09. The predicted octanol–water partition coefficient (Wildman–Crippen LogP) is 1.95. The lowest BCUT2D eigenvalue weighted by atomic mass is 10.1. The van der Waals surface area contributed by atoms with Gasteiger partial charge >= 0.3 is 0 Å². The van der Waals surface area contributed by atoms with Crippen LogP contribution in [-0.2, 0) is 12.8 Å². The lowest BCUT2D eigenvalue weighted by molar-refractivity contribution is 0.508. The van der Waals surface area contributed by atoms with Gasteiger partial charge in [-0.2, -0.15) is 0 Å². The van der Waals surface area contributed by atoms with E-state index in [1.165, 1.54) is 4.88 Å². The van der Waals surface area contributed by atoms with Crippen LogP contribution in [0.1, 0.15) is 37.6 Å². The molecule has 0 saturated carbocycles. The number of rotatable bonds is 4. The van der Waals surface area contributed by atoms with E-state index in [9.17, 15) is 0 Å². The summed E-state index contributed by atoms with van der Waals surface area (Å²) in [4.78, 5) is 9.96. The van der Waals surface area contributed by atoms with E-state index in [-0.39, 0.29) is 5.54 Å². The minimum Gasteiger partial charge on any atom is -0.370 e. The van der Waals surface area contributed by atoms with Crippen molar-refractivity contribution in [2.24, 2.45) is 10.7 Å². The summed E-state index contributed by atoms with van der Waals surface area (Å²) in [6.07, 6.45) is 3.85. The van der Waals surface area contributed by atoms with Crippen molar-refractivity contribution >= 4 is 17.3 Å². The number of aryl methyl sites for hydroxylation is 1. The molecule has 0 aliphatic rings. The monoisotopic (exact) mass is 254 g/mol. The van der Waals surface area contributed by atoms with Gasteiger partial charge in [0.1, 0.15) is 0 Å². The number of thiazole rings is 1. The topological polar surface area (TPSA) is 63.3 Å². The van der Waals surface area contributed by atoms with Crippen LogP contribution in [0, 0.1) is 0 Å². The molecule has 17 heavy (non-hydrogen) atoms. The molecule has 0 unspecified atom stereocenters. The Hall–Kier alpha value is -1.10. The number of hydrogen-bond donors (Lipinski definition) is 2. The number of hydrogen-bond acceptors (Lipinski definition) is 3. The summed E-state index contributed by atoms with van der Waals surface area (Å²) in [5.74, 6) is 0.504. The quantitative estimate of drug-likeness (QED) is 0.637. The molecule has 0 aliphatic carbocycles. The predicted molar refractivity (Wildman–Crippen MR) is 74.6 cm³/mol. The van der Waals surface area contributed by atoms with E-state index >= 15 is 0 Å². The van der Waals surface area contributed by atoms with Crippen LogP contribution in [0.4, 0.5) is 0 Å². The van der Waals surface area contributed by atoms with E-state index < -0.39 is 0 Å². The van der Waals surface area contributed by atoms with E-state index in [2.05, 4.69) is 43.0 Å². The molecule has 1 aromatic heterocycles. The van der Waals surface area contributed by atoms with Gasteiger partial charge in [-0.25, -0.2) is 4.98 Å². The highest BCUT2D eigenvalue weighted by atomic mass is 32.1. The first-order chi connectivity index (χ1) is 7.90. The average Bonchev–Trinajstić information content (AvgIpc) is 2.63. The van der Waals surface area contributed by atoms with Crippen LogP contribution in [0.25, 0.3) is 0 Å². The van der Waals surface area contributed by atoms with Gasteiger partial charge in [0.25, 0.3) is 0 Å². The molecule has 0 aromatic carbocycles. The van der Waals surface area contributed by atoms with Gasteiger partial charge in [0, 0.05) is 29.6 Å². The first kappa shape index (κ1) is 14.0. The number of aromatic nitrogens is 1. The van der Waals surface area contributed by atoms with Crippen molar-refractivity contribution in [1.82, 2.24) is 10.3 Å². The van der Waals surface area contributed by atoms with Crippen LogP contribution in [0.15, 0.2) is 11.2 Å². The maximum Gasteiger partial charge on any atom is 0.188 e. The normalized spacial score (nSPS) is 12.8. The molecule has 4 nitrogen and oxygen atoms in total. The summed E-state index contributed by atoms with van der Waals surface area (Å²) in [5.41, 5.74) is 5.74. The molecule has 1 rings (SSSR count). The molecule has 1 aromatic rings. The van der Waals surface area contributed by atoms with Crippen LogP contribution in [-0.4, -0.2) is 23.0 Å². The summed E-state index contributed by atoms with van der Waals surface area (Å²) >= 11 is 1.76. The van der Waals surface area contributed by atoms with E-state index in [1.807, 2.05) is 6.20 Å². The number of nitrogens with one attached hydrogen (secondary N) is 1. The Kier molecular flexibility index (Phi) is 4.93. The maximum atomic E-state index is 5.78. The summed E-state index contributed by atoms with van der Waals surface area (Å²) in [6, 6.07) is 0. The van der Waals surface area contributed by atoms with Crippen LogP contribution in [0.2, 0.25) is 0 Å². The van der Waals surface area contributed by atoms with Crippen molar-refractivity contribution in [3.05, 3.63) is 16.1 Å². The zero-order chi connectivity index (χ0) is 12.9. The Morgan fingerprint density at radius 3 is 2.76 bits per heavy atom. The van der Waals surface area contributed by atoms with Crippen molar-refractivity contribution in [3.63, 3.8) is 0 Å². The van der Waals surface area contributed by atoms with Gasteiger partial charge in [-0.05, 0) is 27.2 Å². The molecule has 96 valence electrons. The minimum atomic E-state index is -0.0376. The van der Waals surface area contributed by atoms with Crippen LogP contribution in [0.5, 0.6) is 0 Å². The highest BCUT2D eigenvalue weighted by Crippen LogP contribution is 2.13. The summed E-state index contributed by atoms with van der Waals surface area (Å²) in [6.45, 7) is 9.00. The van der Waals surface area contributed by atoms with E-state index in [1.54, 1.807) is 11.3 Å². The third kappa shape index (κ3) is 5.68. The van der Waals surface area contributed by atoms with E-state index in [0.29, 0.717) is 12.5 Å². The Morgan fingerprint density at radius 2 is 2.24 bits per heavy atom. The average molecular weight is 254 g/mol. The molecule has 3 N–H and O–H groups in total. The van der Waals surface area contributed by atoms with Crippen molar-refractivity contribution in [2.75, 3.05) is 6.54 Å². The van der Waals surface area contributed by atoms with Crippen molar-refractivity contribution in [2.45, 2.75) is 46.1 Å². The van der Waals surface area contributed by atoms with E-state index in [0.717, 1.165) is 17.8 Å². The largest absolute Gasteiger partial charge is 0.370 e. The van der Waals surface area contributed by atoms with Gasteiger partial charge in [0.05, 0.1) is 5.01 Å². The second-order valence-electron chi connectivity index (χ2n) is 4.97. The highest BCUT2D eigenvalue weighted by molar-refractivity contribution is 7.11. The maximum absolute atomic E-state index is 5.78. The molecule has 0 radical (unpaired) electrons. The number of guanidine groups is 1. The van der Waals surface area contributed by atoms with Gasteiger partial charge in [0.2, 0.25) is 0 Å². The van der Waals surface area contributed by atoms with Crippen molar-refractivity contribution in [1.29, 1.82) is 0 Å². The van der Waals surface area contributed by atoms with Crippen molar-refractivity contribution in [3.8, 4) is 0 Å². The molecular formula is C12H22N4S. The van der Waals surface area contributed by atoms with Gasteiger partial charge in [-0.3, -0.25) is 4.99 Å². The van der Waals surface area contributed by atoms with Gasteiger partial charge in [-0.1, -0.05) is 6.92 Å². The van der Waals surface area contributed by atoms with Gasteiger partial charge in [-0.15, -0.1) is 11.3 Å². The lowest BCUT2D eigenvalue weighted by Crippen LogP contribution is -2.45. The Balaban J connectivity index is 2.38. The zero-order valence-electron chi connectivity index (χ0n) is 11.1. The zero-order valence-corrected chi connectivity index (χ0v) is 11.9. The molecule has 0 atom stereocenters. The molecule has 0 spiro atoms. The Morgan fingerprint density at radius 1 is 1.53 bits per heavy atom. The molecule has 0 bridgehead atoms. The molecule has 0 amide bonds. The fraction of sp³-hybridized carbons (Fsp3) is 0.667. The van der Waals surface area contributed by atoms with Crippen LogP contribution in [0.3, 0.4) is 0 Å². The number of nitrogens with two attached hydrogens (primary N) is 1. The Bertz CT molecular complexity index is 376. The number of nitrogens with zero attached hydrogens (tertiary/aromatic N) is 2. The minimum absolute atomic E-state index is 0.0376. The lowest BCUT2D eigenvalue weighted by Gasteiger charge is -2.20. The first-order valence-electron chi connectivity index (χ1n) is 5.92. The molecular weight excluding hydrogens is 232 g/mol. The molecule has 5 heteroatoms. The Labute approximate surface area is 107 Å². The SMILES string of the molecule is CCc1cnc(CCN=C(N)NC(C)(C)C)s1. The van der Waals surface area contributed by atoms with E-state index in [4.69, 9.17) is 5.73 Å². The molecule has 0 aliphatic heterocycles. The van der Waals surface area contributed by atoms with Crippen molar-refractivity contribution < 1.29 is 0 Å². The molecule has 0 saturated heterocycles. The first-order valence-corrected chi connectivity index (χ1v) is 6.74. The standard InChI is InChI=1S/C12H22N4S/c1-5-9-8-15-10(17-9)6-7-14-11(13)16-12(2,3)4/h8H,5-7H2,1-4H3,(H3,13,14,16). The number of aliphatic imine (C=N–C) groups is 1. The van der Waals surface area contributed by atoms with Gasteiger partial charge in [0.15, 0.2) is 5.96 Å². The summed E-state index contributed by atoms with van der Waals surface area (Å²) in [5, 5.41) is 4.27. The summed E-state index contributed by atoms with van der Waals surface area (Å²) < 4.78 is 0. The third-order valence-electron chi connectivity index (χ3n) is 2.06. The third-order valence-corrected chi connectivity index (χ3v) is 3.26. The fourth-order valence-corrected chi connectivity index (χ4v) is 2.17.